The minimum Gasteiger partial charge on any atom is -0.311 e. The van der Waals surface area contributed by atoms with E-state index in [2.05, 4.69) is 181 Å². The van der Waals surface area contributed by atoms with Crippen LogP contribution in [0.2, 0.25) is 0 Å². The standard InChI is InChI=1S/C40H29N/c1-3-13-35(14-4-1)41(36-15-5-2-6-16-36)37-27-23-31(24-28-37)20-19-30-21-25-32(26-22-30)40-38-17-9-7-11-33(38)29-34-12-8-10-18-39(34)40/h1-29H/b20-19+. The number of rotatable bonds is 6. The SMILES string of the molecule is C(=C\c1ccc(N(c2ccccc2)c2ccccc2)cc1)/c1ccc(-c2c3ccccc3cc3ccccc23)cc1. The van der Waals surface area contributed by atoms with Crippen LogP contribution in [-0.4, -0.2) is 0 Å². The summed E-state index contributed by atoms with van der Waals surface area (Å²) in [6.45, 7) is 0. The van der Waals surface area contributed by atoms with Gasteiger partial charge in [0.15, 0.2) is 0 Å². The summed E-state index contributed by atoms with van der Waals surface area (Å²) in [6.07, 6.45) is 4.37. The highest BCUT2D eigenvalue weighted by Crippen LogP contribution is 2.37. The number of nitrogens with zero attached hydrogens (tertiary/aromatic N) is 1. The van der Waals surface area contributed by atoms with Gasteiger partial charge >= 0.3 is 0 Å². The molecule has 7 aromatic rings. The summed E-state index contributed by atoms with van der Waals surface area (Å²) >= 11 is 0. The summed E-state index contributed by atoms with van der Waals surface area (Å²) in [5, 5.41) is 5.11. The van der Waals surface area contributed by atoms with Crippen molar-refractivity contribution in [1.82, 2.24) is 0 Å². The molecule has 1 nitrogen and oxygen atoms in total. The highest BCUT2D eigenvalue weighted by atomic mass is 15.1. The van der Waals surface area contributed by atoms with Crippen molar-refractivity contribution in [2.45, 2.75) is 0 Å². The van der Waals surface area contributed by atoms with E-state index in [-0.39, 0.29) is 0 Å². The van der Waals surface area contributed by atoms with Gasteiger partial charge in [0.05, 0.1) is 0 Å². The third-order valence-corrected chi connectivity index (χ3v) is 7.62. The fraction of sp³-hybridized carbons (Fsp3) is 0. The zero-order valence-electron chi connectivity index (χ0n) is 22.7. The zero-order chi connectivity index (χ0) is 27.4. The molecule has 0 bridgehead atoms. The van der Waals surface area contributed by atoms with E-state index in [1.807, 2.05) is 0 Å². The van der Waals surface area contributed by atoms with Crippen molar-refractivity contribution in [1.29, 1.82) is 0 Å². The van der Waals surface area contributed by atoms with Crippen molar-refractivity contribution in [3.63, 3.8) is 0 Å². The van der Waals surface area contributed by atoms with Gasteiger partial charge in [-0.05, 0) is 86.3 Å². The van der Waals surface area contributed by atoms with Crippen LogP contribution >= 0.6 is 0 Å². The minimum atomic E-state index is 1.13. The van der Waals surface area contributed by atoms with Gasteiger partial charge in [0.2, 0.25) is 0 Å². The normalized spacial score (nSPS) is 11.3. The second-order valence-corrected chi connectivity index (χ2v) is 10.2. The van der Waals surface area contributed by atoms with Gasteiger partial charge in [0.1, 0.15) is 0 Å². The van der Waals surface area contributed by atoms with Crippen molar-refractivity contribution in [2.75, 3.05) is 4.90 Å². The van der Waals surface area contributed by atoms with Gasteiger partial charge in [-0.25, -0.2) is 0 Å². The Balaban J connectivity index is 1.16. The van der Waals surface area contributed by atoms with Crippen molar-refractivity contribution in [3.8, 4) is 11.1 Å². The monoisotopic (exact) mass is 523 g/mol. The molecular weight excluding hydrogens is 494 g/mol. The van der Waals surface area contributed by atoms with E-state index in [0.717, 1.165) is 17.1 Å². The molecule has 1 heteroatoms. The molecule has 0 radical (unpaired) electrons. The lowest BCUT2D eigenvalue weighted by atomic mass is 9.92. The molecule has 7 rings (SSSR count). The van der Waals surface area contributed by atoms with Crippen LogP contribution in [-0.2, 0) is 0 Å². The molecule has 0 aliphatic heterocycles. The zero-order valence-corrected chi connectivity index (χ0v) is 22.7. The van der Waals surface area contributed by atoms with E-state index in [1.165, 1.54) is 43.8 Å². The van der Waals surface area contributed by atoms with Crippen LogP contribution in [0, 0.1) is 0 Å². The van der Waals surface area contributed by atoms with Gasteiger partial charge in [-0.2, -0.15) is 0 Å². The maximum atomic E-state index is 2.29. The van der Waals surface area contributed by atoms with Gasteiger partial charge in [-0.15, -0.1) is 0 Å². The Morgan fingerprint density at radius 3 is 1.29 bits per heavy atom. The summed E-state index contributed by atoms with van der Waals surface area (Å²) in [6, 6.07) is 58.3. The van der Waals surface area contributed by atoms with E-state index >= 15 is 0 Å². The highest BCUT2D eigenvalue weighted by Gasteiger charge is 2.12. The van der Waals surface area contributed by atoms with Gasteiger partial charge < -0.3 is 4.90 Å². The molecule has 0 saturated carbocycles. The Labute approximate surface area is 241 Å². The van der Waals surface area contributed by atoms with Crippen LogP contribution in [0.1, 0.15) is 11.1 Å². The predicted molar refractivity (Wildman–Crippen MR) is 177 cm³/mol. The number of anilines is 3. The van der Waals surface area contributed by atoms with Crippen molar-refractivity contribution >= 4 is 50.8 Å². The second kappa shape index (κ2) is 11.0. The average molecular weight is 524 g/mol. The second-order valence-electron chi connectivity index (χ2n) is 10.2. The van der Waals surface area contributed by atoms with Crippen molar-refractivity contribution in [3.05, 3.63) is 175 Å². The number of fused-ring (bicyclic) bond motifs is 2. The average Bonchev–Trinajstić information content (AvgIpc) is 3.05. The molecule has 0 aromatic heterocycles. The maximum absolute atomic E-state index is 2.29. The van der Waals surface area contributed by atoms with Crippen molar-refractivity contribution in [2.24, 2.45) is 0 Å². The fourth-order valence-corrected chi connectivity index (χ4v) is 5.61. The molecule has 0 amide bonds. The van der Waals surface area contributed by atoms with Gasteiger partial charge in [-0.1, -0.05) is 133 Å². The van der Waals surface area contributed by atoms with Crippen LogP contribution in [0.15, 0.2) is 164 Å². The summed E-state index contributed by atoms with van der Waals surface area (Å²) in [7, 11) is 0. The first-order valence-corrected chi connectivity index (χ1v) is 14.0. The first-order chi connectivity index (χ1) is 20.3. The lowest BCUT2D eigenvalue weighted by Gasteiger charge is -2.25. The van der Waals surface area contributed by atoms with Gasteiger partial charge in [0.25, 0.3) is 0 Å². The number of hydrogen-bond donors (Lipinski definition) is 0. The third kappa shape index (κ3) is 5.02. The topological polar surface area (TPSA) is 3.24 Å². The van der Waals surface area contributed by atoms with Crippen molar-refractivity contribution < 1.29 is 0 Å². The van der Waals surface area contributed by atoms with E-state index in [0.29, 0.717) is 0 Å². The number of hydrogen-bond acceptors (Lipinski definition) is 1. The largest absolute Gasteiger partial charge is 0.311 e. The van der Waals surface area contributed by atoms with Gasteiger partial charge in [-0.3, -0.25) is 0 Å². The molecular formula is C40H29N. The van der Waals surface area contributed by atoms with E-state index < -0.39 is 0 Å². The molecule has 41 heavy (non-hydrogen) atoms. The van der Waals surface area contributed by atoms with E-state index in [4.69, 9.17) is 0 Å². The van der Waals surface area contributed by atoms with Crippen LogP contribution in [0.25, 0.3) is 44.8 Å². The van der Waals surface area contributed by atoms with Gasteiger partial charge in [0, 0.05) is 17.1 Å². The number of para-hydroxylation sites is 2. The summed E-state index contributed by atoms with van der Waals surface area (Å²) in [5.74, 6) is 0. The quantitative estimate of drug-likeness (QED) is 0.155. The number of benzene rings is 7. The summed E-state index contributed by atoms with van der Waals surface area (Å²) < 4.78 is 0. The molecule has 0 saturated heterocycles. The Hall–Kier alpha value is -5.40. The summed E-state index contributed by atoms with van der Waals surface area (Å²) in [4.78, 5) is 2.28. The molecule has 0 N–H and O–H groups in total. The smallest absolute Gasteiger partial charge is 0.0462 e. The maximum Gasteiger partial charge on any atom is 0.0462 e. The predicted octanol–water partition coefficient (Wildman–Crippen LogP) is 11.3. The van der Waals surface area contributed by atoms with Crippen LogP contribution in [0.3, 0.4) is 0 Å². The Morgan fingerprint density at radius 1 is 0.366 bits per heavy atom. The first-order valence-electron chi connectivity index (χ1n) is 14.0. The molecule has 0 fully saturated rings. The Morgan fingerprint density at radius 2 is 0.780 bits per heavy atom. The molecule has 7 aromatic carbocycles. The molecule has 194 valence electrons. The Kier molecular flexibility index (Phi) is 6.61. The molecule has 0 spiro atoms. The van der Waals surface area contributed by atoms with E-state index in [1.54, 1.807) is 0 Å². The van der Waals surface area contributed by atoms with E-state index in [9.17, 15) is 0 Å². The molecule has 0 atom stereocenters. The fourth-order valence-electron chi connectivity index (χ4n) is 5.61. The Bertz CT molecular complexity index is 1860. The van der Waals surface area contributed by atoms with Crippen LogP contribution in [0.5, 0.6) is 0 Å². The molecule has 0 aliphatic carbocycles. The molecule has 0 unspecified atom stereocenters. The first kappa shape index (κ1) is 24.6. The minimum absolute atomic E-state index is 1.13. The molecule has 0 heterocycles. The summed E-state index contributed by atoms with van der Waals surface area (Å²) in [5.41, 5.74) is 8.29. The third-order valence-electron chi connectivity index (χ3n) is 7.62. The highest BCUT2D eigenvalue weighted by molar-refractivity contribution is 6.12. The van der Waals surface area contributed by atoms with Crippen LogP contribution < -0.4 is 4.90 Å². The lowest BCUT2D eigenvalue weighted by molar-refractivity contribution is 1.28. The molecule has 0 aliphatic rings. The lowest BCUT2D eigenvalue weighted by Crippen LogP contribution is -2.09. The van der Waals surface area contributed by atoms with Crippen LogP contribution in [0.4, 0.5) is 17.1 Å².